The van der Waals surface area contributed by atoms with Gasteiger partial charge in [0.15, 0.2) is 5.82 Å². The van der Waals surface area contributed by atoms with Crippen molar-refractivity contribution in [1.29, 1.82) is 0 Å². The summed E-state index contributed by atoms with van der Waals surface area (Å²) in [6.45, 7) is 8.94. The predicted octanol–water partition coefficient (Wildman–Crippen LogP) is 4.77. The van der Waals surface area contributed by atoms with Crippen molar-refractivity contribution in [3.8, 4) is 11.1 Å². The van der Waals surface area contributed by atoms with Gasteiger partial charge in [0, 0.05) is 54.5 Å². The average molecular weight is 637 g/mol. The van der Waals surface area contributed by atoms with Gasteiger partial charge in [-0.3, -0.25) is 14.4 Å². The highest BCUT2D eigenvalue weighted by Gasteiger charge is 2.44. The van der Waals surface area contributed by atoms with E-state index in [4.69, 9.17) is 5.73 Å². The molecule has 4 aromatic rings. The van der Waals surface area contributed by atoms with Crippen LogP contribution in [0.5, 0.6) is 0 Å². The highest BCUT2D eigenvalue weighted by molar-refractivity contribution is 6.23. The van der Waals surface area contributed by atoms with Crippen LogP contribution in [0.4, 0.5) is 22.0 Å². The van der Waals surface area contributed by atoms with Gasteiger partial charge >= 0.3 is 6.03 Å². The lowest BCUT2D eigenvalue weighted by atomic mass is 9.92. The molecule has 0 radical (unpaired) electrons. The number of amides is 5. The zero-order valence-corrected chi connectivity index (χ0v) is 27.1. The van der Waals surface area contributed by atoms with Crippen LogP contribution in [0.15, 0.2) is 67.0 Å². The van der Waals surface area contributed by atoms with Gasteiger partial charge in [0.25, 0.3) is 0 Å². The lowest BCUT2D eigenvalue weighted by molar-refractivity contribution is -0.135. The van der Waals surface area contributed by atoms with Crippen molar-refractivity contribution in [3.63, 3.8) is 0 Å². The zero-order chi connectivity index (χ0) is 33.4. The minimum atomic E-state index is -1.08. The molecule has 0 aliphatic carbocycles. The summed E-state index contributed by atoms with van der Waals surface area (Å²) in [7, 11) is 0. The quantitative estimate of drug-likeness (QED) is 0.278. The largest absolute Gasteiger partial charge is 0.382 e. The molecule has 5 amide bonds. The van der Waals surface area contributed by atoms with Gasteiger partial charge in [0.05, 0.1) is 5.69 Å². The first-order valence-electron chi connectivity index (χ1n) is 16.1. The number of hydrogen-bond acceptors (Lipinski definition) is 7. The first-order chi connectivity index (χ1) is 22.5. The summed E-state index contributed by atoms with van der Waals surface area (Å²) in [6, 6.07) is 17.4. The van der Waals surface area contributed by atoms with E-state index in [9.17, 15) is 19.2 Å². The fourth-order valence-electron chi connectivity index (χ4n) is 6.50. The third kappa shape index (κ3) is 6.02. The third-order valence-electron chi connectivity index (χ3n) is 9.08. The highest BCUT2D eigenvalue weighted by atomic mass is 16.2. The Kier molecular flexibility index (Phi) is 8.67. The van der Waals surface area contributed by atoms with Crippen LogP contribution in [0.2, 0.25) is 0 Å². The van der Waals surface area contributed by atoms with E-state index in [0.717, 1.165) is 34.6 Å². The van der Waals surface area contributed by atoms with E-state index in [1.54, 1.807) is 42.5 Å². The van der Waals surface area contributed by atoms with E-state index in [0.29, 0.717) is 35.8 Å². The number of benzene rings is 2. The normalized spacial score (nSPS) is 17.7. The van der Waals surface area contributed by atoms with Gasteiger partial charge in [0.2, 0.25) is 17.7 Å². The molecule has 6 rings (SSSR count). The smallest absolute Gasteiger partial charge is 0.331 e. The lowest BCUT2D eigenvalue weighted by Gasteiger charge is -2.39. The predicted molar refractivity (Wildman–Crippen MR) is 180 cm³/mol. The Labute approximate surface area is 273 Å². The summed E-state index contributed by atoms with van der Waals surface area (Å²) in [5.41, 5.74) is 10.8. The monoisotopic (exact) mass is 636 g/mol. The Morgan fingerprint density at radius 2 is 1.64 bits per heavy atom. The lowest BCUT2D eigenvalue weighted by Crippen LogP contribution is -2.61. The average Bonchev–Trinajstić information content (AvgIpc) is 3.46. The molecule has 244 valence electrons. The molecular formula is C35H40N8O4. The van der Waals surface area contributed by atoms with Crippen molar-refractivity contribution < 1.29 is 19.2 Å². The van der Waals surface area contributed by atoms with Gasteiger partial charge in [-0.25, -0.2) is 19.2 Å². The minimum Gasteiger partial charge on any atom is -0.382 e. The molecule has 4 heterocycles. The number of likely N-dealkylation sites (tertiary alicyclic amines) is 1. The molecule has 47 heavy (non-hydrogen) atoms. The Balaban J connectivity index is 1.22. The molecule has 1 unspecified atom stereocenters. The SMILES string of the molecule is CC(C)C(=O)N1CCC(c2cc(-c3ccc(NC(=O)C4CN(C(C)C)C(=O)N(c5ccccc5)C4=O)cc3)c3c(N)ncnn23)CC1. The minimum absolute atomic E-state index is 0.00801. The van der Waals surface area contributed by atoms with E-state index in [-0.39, 0.29) is 30.3 Å². The maximum atomic E-state index is 13.5. The van der Waals surface area contributed by atoms with Crippen molar-refractivity contribution in [1.82, 2.24) is 24.4 Å². The van der Waals surface area contributed by atoms with Crippen molar-refractivity contribution in [2.45, 2.75) is 52.5 Å². The van der Waals surface area contributed by atoms with Gasteiger partial charge in [0.1, 0.15) is 17.8 Å². The molecule has 0 spiro atoms. The molecule has 2 fully saturated rings. The molecular weight excluding hydrogens is 596 g/mol. The number of rotatable bonds is 7. The van der Waals surface area contributed by atoms with Crippen LogP contribution in [0, 0.1) is 11.8 Å². The number of imide groups is 1. The second-order valence-corrected chi connectivity index (χ2v) is 12.8. The summed E-state index contributed by atoms with van der Waals surface area (Å²) >= 11 is 0. The van der Waals surface area contributed by atoms with Gasteiger partial charge in [-0.15, -0.1) is 0 Å². The first-order valence-corrected chi connectivity index (χ1v) is 16.1. The van der Waals surface area contributed by atoms with Gasteiger partial charge in [-0.1, -0.05) is 44.2 Å². The molecule has 2 aliphatic rings. The molecule has 3 N–H and O–H groups in total. The Morgan fingerprint density at radius 1 is 0.957 bits per heavy atom. The number of carbonyl (C=O) groups excluding carboxylic acids is 4. The van der Waals surface area contributed by atoms with Gasteiger partial charge in [-0.05, 0) is 62.6 Å². The van der Waals surface area contributed by atoms with Crippen LogP contribution in [0.3, 0.4) is 0 Å². The zero-order valence-electron chi connectivity index (χ0n) is 27.1. The molecule has 1 atom stereocenters. The second-order valence-electron chi connectivity index (χ2n) is 12.8. The molecule has 0 bridgehead atoms. The number of hydrogen-bond donors (Lipinski definition) is 2. The van der Waals surface area contributed by atoms with Crippen LogP contribution < -0.4 is 16.0 Å². The Bertz CT molecular complexity index is 1810. The summed E-state index contributed by atoms with van der Waals surface area (Å²) < 4.78 is 1.85. The van der Waals surface area contributed by atoms with Crippen LogP contribution in [0.1, 0.15) is 52.1 Å². The standard InChI is InChI=1S/C35H40N8O4/c1-21(2)33(45)40-16-14-24(15-17-40)29-18-27(30-31(36)37-20-38-43(29)30)23-10-12-25(13-11-23)39-32(44)28-19-41(22(3)4)35(47)42(34(28)46)26-8-6-5-7-9-26/h5-13,18,20-22,24,28H,14-17,19H2,1-4H3,(H,39,44)(H2,36,37,38). The molecule has 2 saturated heterocycles. The van der Waals surface area contributed by atoms with E-state index >= 15 is 0 Å². The molecule has 0 saturated carbocycles. The van der Waals surface area contributed by atoms with Crippen LogP contribution in [-0.2, 0) is 14.4 Å². The first kappa shape index (κ1) is 31.7. The molecule has 2 aromatic carbocycles. The number of nitrogen functional groups attached to an aromatic ring is 1. The second kappa shape index (κ2) is 12.9. The maximum absolute atomic E-state index is 13.5. The van der Waals surface area contributed by atoms with E-state index in [1.165, 1.54) is 11.2 Å². The van der Waals surface area contributed by atoms with E-state index < -0.39 is 23.8 Å². The van der Waals surface area contributed by atoms with Crippen molar-refractivity contribution >= 4 is 46.5 Å². The summed E-state index contributed by atoms with van der Waals surface area (Å²) in [4.78, 5) is 61.6. The molecule has 12 heteroatoms. The molecule has 2 aliphatic heterocycles. The number of nitrogens with zero attached hydrogens (tertiary/aromatic N) is 6. The maximum Gasteiger partial charge on any atom is 0.331 e. The van der Waals surface area contributed by atoms with Crippen LogP contribution in [0.25, 0.3) is 16.6 Å². The van der Waals surface area contributed by atoms with E-state index in [1.807, 2.05) is 49.2 Å². The highest BCUT2D eigenvalue weighted by Crippen LogP contribution is 2.37. The number of nitrogens with two attached hydrogens (primary N) is 1. The molecule has 12 nitrogen and oxygen atoms in total. The number of aromatic nitrogens is 3. The third-order valence-corrected chi connectivity index (χ3v) is 9.08. The van der Waals surface area contributed by atoms with Gasteiger partial charge in [-0.2, -0.15) is 5.10 Å². The van der Waals surface area contributed by atoms with Crippen molar-refractivity contribution in [2.75, 3.05) is 35.6 Å². The number of anilines is 3. The number of nitrogens with one attached hydrogen (secondary N) is 1. The Morgan fingerprint density at radius 3 is 2.28 bits per heavy atom. The van der Waals surface area contributed by atoms with Crippen LogP contribution >= 0.6 is 0 Å². The number of urea groups is 1. The number of para-hydroxylation sites is 1. The number of fused-ring (bicyclic) bond motifs is 1. The van der Waals surface area contributed by atoms with Crippen molar-refractivity contribution in [3.05, 3.63) is 72.7 Å². The Hall–Kier alpha value is -5.26. The fourth-order valence-corrected chi connectivity index (χ4v) is 6.50. The number of piperidine rings is 1. The van der Waals surface area contributed by atoms with Gasteiger partial charge < -0.3 is 20.9 Å². The van der Waals surface area contributed by atoms with Crippen LogP contribution in [-0.4, -0.2) is 73.8 Å². The summed E-state index contributed by atoms with van der Waals surface area (Å²) in [5.74, 6) is -1.43. The van der Waals surface area contributed by atoms with Crippen molar-refractivity contribution in [2.24, 2.45) is 11.8 Å². The number of carbonyl (C=O) groups is 4. The summed E-state index contributed by atoms with van der Waals surface area (Å²) in [5, 5.41) is 7.42. The van der Waals surface area contributed by atoms with E-state index in [2.05, 4.69) is 21.5 Å². The topological polar surface area (TPSA) is 146 Å². The molecule has 2 aromatic heterocycles. The summed E-state index contributed by atoms with van der Waals surface area (Å²) in [6.07, 6.45) is 3.09. The fraction of sp³-hybridized carbons (Fsp3) is 0.371.